The lowest BCUT2D eigenvalue weighted by Gasteiger charge is -2.53. The van der Waals surface area contributed by atoms with Crippen molar-refractivity contribution in [3.63, 3.8) is 0 Å². The van der Waals surface area contributed by atoms with Crippen molar-refractivity contribution in [1.29, 1.82) is 0 Å². The lowest BCUT2D eigenvalue weighted by atomic mass is 9.58. The third-order valence-corrected chi connectivity index (χ3v) is 14.2. The van der Waals surface area contributed by atoms with Gasteiger partial charge < -0.3 is 24.6 Å². The van der Waals surface area contributed by atoms with Crippen LogP contribution in [-0.4, -0.2) is 108 Å². The summed E-state index contributed by atoms with van der Waals surface area (Å²) in [6, 6.07) is 14.7. The normalized spacial score (nSPS) is 26.2. The van der Waals surface area contributed by atoms with E-state index in [9.17, 15) is 13.2 Å². The Balaban J connectivity index is 1.04. The summed E-state index contributed by atoms with van der Waals surface area (Å²) in [5.74, 6) is 0.872. The molecule has 5 fully saturated rings. The number of anilines is 1. The summed E-state index contributed by atoms with van der Waals surface area (Å²) in [4.78, 5) is 20.4. The first-order valence-electron chi connectivity index (χ1n) is 18.0. The standard InChI is InChI=1S/C37H51FN4O5S/c1-46-36(43)39-35-7-3-6-34(35)37(26-41-18-20-47-21-19-41,29-4-2-5-30(38)22-29)28-14-16-40(17-15-28)23-27-24-42(25-27)31-8-10-32(11-9-31)48(44,45)33-12-13-33/h2,4-5,8-11,22,27-28,33-35H,3,6-7,12-21,23-26H2,1H3,(H,39,43)/t34-,35-,37?/m0/s1. The number of nitrogens with zero attached hydrogens (tertiary/aromatic N) is 3. The monoisotopic (exact) mass is 682 g/mol. The number of methoxy groups -OCH3 is 1. The average molecular weight is 683 g/mol. The molecule has 0 aromatic heterocycles. The number of hydrogen-bond acceptors (Lipinski definition) is 8. The zero-order valence-electron chi connectivity index (χ0n) is 28.2. The molecule has 0 bridgehead atoms. The number of amides is 1. The Kier molecular flexibility index (Phi) is 10.0. The molecule has 11 heteroatoms. The van der Waals surface area contributed by atoms with Crippen LogP contribution in [0, 0.1) is 23.6 Å². The molecular weight excluding hydrogens is 631 g/mol. The van der Waals surface area contributed by atoms with Crippen molar-refractivity contribution < 1.29 is 27.1 Å². The van der Waals surface area contributed by atoms with Crippen molar-refractivity contribution in [3.8, 4) is 0 Å². The lowest BCUT2D eigenvalue weighted by Crippen LogP contribution is -2.59. The zero-order chi connectivity index (χ0) is 33.3. The molecule has 7 rings (SSSR count). The number of rotatable bonds is 11. The van der Waals surface area contributed by atoms with E-state index in [0.717, 1.165) is 109 Å². The van der Waals surface area contributed by atoms with Gasteiger partial charge in [0.25, 0.3) is 0 Å². The van der Waals surface area contributed by atoms with Gasteiger partial charge in [-0.2, -0.15) is 0 Å². The Hall–Kier alpha value is -2.73. The van der Waals surface area contributed by atoms with E-state index < -0.39 is 15.9 Å². The van der Waals surface area contributed by atoms with E-state index in [4.69, 9.17) is 9.47 Å². The highest BCUT2D eigenvalue weighted by Crippen LogP contribution is 2.51. The molecule has 2 aromatic rings. The molecule has 1 N–H and O–H groups in total. The maximum Gasteiger partial charge on any atom is 0.407 e. The number of benzene rings is 2. The maximum absolute atomic E-state index is 15.0. The molecule has 3 heterocycles. The fourth-order valence-electron chi connectivity index (χ4n) is 9.27. The number of piperidine rings is 1. The summed E-state index contributed by atoms with van der Waals surface area (Å²) in [5, 5.41) is 3.00. The Morgan fingerprint density at radius 1 is 0.958 bits per heavy atom. The summed E-state index contributed by atoms with van der Waals surface area (Å²) in [6.07, 6.45) is 6.12. The van der Waals surface area contributed by atoms with Crippen molar-refractivity contribution in [2.24, 2.45) is 17.8 Å². The minimum Gasteiger partial charge on any atom is -0.453 e. The van der Waals surface area contributed by atoms with Gasteiger partial charge in [0, 0.05) is 62.3 Å². The van der Waals surface area contributed by atoms with Crippen LogP contribution in [0.5, 0.6) is 0 Å². The third kappa shape index (κ3) is 6.98. The number of nitrogens with one attached hydrogen (secondary N) is 1. The van der Waals surface area contributed by atoms with Crippen LogP contribution in [0.1, 0.15) is 50.5 Å². The van der Waals surface area contributed by atoms with Crippen LogP contribution in [0.4, 0.5) is 14.9 Å². The number of likely N-dealkylation sites (tertiary alicyclic amines) is 1. The minimum absolute atomic E-state index is 0.0244. The molecule has 1 unspecified atom stereocenters. The Bertz CT molecular complexity index is 1520. The zero-order valence-corrected chi connectivity index (χ0v) is 29.0. The number of hydrogen-bond donors (Lipinski definition) is 1. The van der Waals surface area contributed by atoms with Crippen LogP contribution in [0.25, 0.3) is 0 Å². The Morgan fingerprint density at radius 3 is 2.35 bits per heavy atom. The molecule has 1 amide bonds. The van der Waals surface area contributed by atoms with Crippen LogP contribution >= 0.6 is 0 Å². The van der Waals surface area contributed by atoms with Crippen molar-refractivity contribution in [3.05, 3.63) is 59.9 Å². The van der Waals surface area contributed by atoms with Crippen molar-refractivity contribution in [1.82, 2.24) is 15.1 Å². The quantitative estimate of drug-likeness (QED) is 0.365. The molecule has 0 spiro atoms. The van der Waals surface area contributed by atoms with Crippen molar-refractivity contribution in [2.75, 3.05) is 77.6 Å². The fourth-order valence-corrected chi connectivity index (χ4v) is 10.9. The molecule has 2 aliphatic carbocycles. The van der Waals surface area contributed by atoms with Gasteiger partial charge in [0.1, 0.15) is 5.82 Å². The van der Waals surface area contributed by atoms with Gasteiger partial charge in [-0.05, 0) is 105 Å². The molecule has 2 saturated carbocycles. The van der Waals surface area contributed by atoms with Gasteiger partial charge in [-0.15, -0.1) is 0 Å². The number of morpholine rings is 1. The van der Waals surface area contributed by atoms with Gasteiger partial charge in [-0.3, -0.25) is 4.90 Å². The van der Waals surface area contributed by atoms with E-state index in [2.05, 4.69) is 26.1 Å². The van der Waals surface area contributed by atoms with Gasteiger partial charge in [-0.25, -0.2) is 17.6 Å². The number of sulfone groups is 1. The first-order chi connectivity index (χ1) is 23.3. The predicted molar refractivity (Wildman–Crippen MR) is 184 cm³/mol. The number of alkyl carbamates (subject to hydrolysis) is 1. The first kappa shape index (κ1) is 33.8. The Labute approximate surface area is 285 Å². The second-order valence-electron chi connectivity index (χ2n) is 14.8. The summed E-state index contributed by atoms with van der Waals surface area (Å²) in [5.41, 5.74) is 1.83. The molecule has 9 nitrogen and oxygen atoms in total. The smallest absolute Gasteiger partial charge is 0.407 e. The highest BCUT2D eigenvalue weighted by atomic mass is 32.2. The van der Waals surface area contributed by atoms with Crippen LogP contribution in [-0.2, 0) is 24.7 Å². The first-order valence-corrected chi connectivity index (χ1v) is 19.5. The average Bonchev–Trinajstić information content (AvgIpc) is 3.86. The summed E-state index contributed by atoms with van der Waals surface area (Å²) >= 11 is 0. The fraction of sp³-hybridized carbons (Fsp3) is 0.649. The molecule has 48 heavy (non-hydrogen) atoms. The van der Waals surface area contributed by atoms with Gasteiger partial charge in [-0.1, -0.05) is 18.6 Å². The number of carbonyl (C=O) groups is 1. The van der Waals surface area contributed by atoms with Crippen molar-refractivity contribution >= 4 is 21.6 Å². The third-order valence-electron chi connectivity index (χ3n) is 11.9. The summed E-state index contributed by atoms with van der Waals surface area (Å²) in [6.45, 7) is 8.93. The number of carbonyl (C=O) groups excluding carboxylic acids is 1. The molecular formula is C37H51FN4O5S. The van der Waals surface area contributed by atoms with Gasteiger partial charge in [0.05, 0.1) is 30.5 Å². The maximum atomic E-state index is 15.0. The molecule has 5 aliphatic rings. The van der Waals surface area contributed by atoms with E-state index in [1.165, 1.54) is 13.2 Å². The van der Waals surface area contributed by atoms with E-state index >= 15 is 4.39 Å². The summed E-state index contributed by atoms with van der Waals surface area (Å²) in [7, 11) is -1.74. The van der Waals surface area contributed by atoms with Crippen LogP contribution in [0.2, 0.25) is 0 Å². The lowest BCUT2D eigenvalue weighted by molar-refractivity contribution is -0.00681. The number of halogens is 1. The molecule has 3 aliphatic heterocycles. The molecule has 2 aromatic carbocycles. The van der Waals surface area contributed by atoms with E-state index in [0.29, 0.717) is 29.9 Å². The van der Waals surface area contributed by atoms with E-state index in [1.807, 2.05) is 18.2 Å². The van der Waals surface area contributed by atoms with Gasteiger partial charge in [0.2, 0.25) is 0 Å². The van der Waals surface area contributed by atoms with Gasteiger partial charge in [0.15, 0.2) is 9.84 Å². The largest absolute Gasteiger partial charge is 0.453 e. The molecule has 3 atom stereocenters. The second-order valence-corrected chi connectivity index (χ2v) is 17.0. The SMILES string of the molecule is COC(=O)N[C@H]1CCC[C@@H]1C(CN1CCOCC1)(c1cccc(F)c1)C1CCN(CC2CN(c3ccc(S(=O)(=O)C4CC4)cc3)C2)CC1. The van der Waals surface area contributed by atoms with E-state index in [-0.39, 0.29) is 28.4 Å². The highest BCUT2D eigenvalue weighted by molar-refractivity contribution is 7.92. The molecule has 0 radical (unpaired) electrons. The second kappa shape index (κ2) is 14.2. The number of ether oxygens (including phenoxy) is 2. The van der Waals surface area contributed by atoms with Crippen LogP contribution in [0.15, 0.2) is 53.4 Å². The summed E-state index contributed by atoms with van der Waals surface area (Å²) < 4.78 is 51.0. The predicted octanol–water partition coefficient (Wildman–Crippen LogP) is 4.70. The van der Waals surface area contributed by atoms with Crippen LogP contribution < -0.4 is 10.2 Å². The van der Waals surface area contributed by atoms with Crippen LogP contribution in [0.3, 0.4) is 0 Å². The van der Waals surface area contributed by atoms with Gasteiger partial charge >= 0.3 is 6.09 Å². The minimum atomic E-state index is -3.16. The Morgan fingerprint density at radius 2 is 1.69 bits per heavy atom. The molecule has 262 valence electrons. The van der Waals surface area contributed by atoms with E-state index in [1.54, 1.807) is 18.2 Å². The molecule has 3 saturated heterocycles. The topological polar surface area (TPSA) is 91.4 Å². The van der Waals surface area contributed by atoms with Crippen molar-refractivity contribution in [2.45, 2.75) is 66.5 Å². The highest BCUT2D eigenvalue weighted by Gasteiger charge is 2.53.